The minimum Gasteiger partial charge on any atom is -0.495 e. The molecule has 4 aliphatic rings. The van der Waals surface area contributed by atoms with Crippen molar-refractivity contribution < 1.29 is 41.5 Å². The Balaban J connectivity index is 0.863. The maximum Gasteiger partial charge on any atom is 0.342 e. The van der Waals surface area contributed by atoms with Crippen LogP contribution in [0.15, 0.2) is 36.5 Å². The molecule has 7 rings (SSSR count). The van der Waals surface area contributed by atoms with Gasteiger partial charge in [-0.05, 0) is 83.0 Å². The molecule has 0 saturated carbocycles. The van der Waals surface area contributed by atoms with Gasteiger partial charge in [0.05, 0.1) is 36.9 Å². The number of hydrogen-bond donors (Lipinski definition) is 4. The highest BCUT2D eigenvalue weighted by atomic mass is 19.3. The van der Waals surface area contributed by atoms with E-state index < -0.39 is 42.0 Å². The number of piperidine rings is 3. The molecule has 4 amide bonds. The van der Waals surface area contributed by atoms with Gasteiger partial charge in [0.1, 0.15) is 29.1 Å². The Morgan fingerprint density at radius 3 is 2.39 bits per heavy atom. The number of alkyl halides is 2. The average Bonchev–Trinajstić information content (AvgIpc) is 3.31. The summed E-state index contributed by atoms with van der Waals surface area (Å²) in [5, 5.41) is 11.2. The van der Waals surface area contributed by atoms with E-state index in [1.165, 1.54) is 31.3 Å². The van der Waals surface area contributed by atoms with E-state index in [-0.39, 0.29) is 65.6 Å². The number of imide groups is 1. The fraction of sp³-hybridized carbons (Fsp3) is 0.524. The lowest BCUT2D eigenvalue weighted by atomic mass is 9.92. The number of carbonyl (C=O) groups excluding carboxylic acids is 4. The number of methoxy groups -OCH3 is 1. The molecular formula is C42H52F4N10O5. The quantitative estimate of drug-likeness (QED) is 0.142. The van der Waals surface area contributed by atoms with Gasteiger partial charge in [0, 0.05) is 69.4 Å². The van der Waals surface area contributed by atoms with Crippen LogP contribution in [0, 0.1) is 17.6 Å². The highest BCUT2D eigenvalue weighted by Crippen LogP contribution is 2.38. The maximum atomic E-state index is 15.2. The lowest BCUT2D eigenvalue weighted by Crippen LogP contribution is -2.47. The van der Waals surface area contributed by atoms with Crippen molar-refractivity contribution >= 4 is 58.1 Å². The summed E-state index contributed by atoms with van der Waals surface area (Å²) >= 11 is 0. The minimum atomic E-state index is -3.61. The van der Waals surface area contributed by atoms with Crippen LogP contribution in [0.1, 0.15) is 69.2 Å². The first-order valence-electron chi connectivity index (χ1n) is 20.7. The van der Waals surface area contributed by atoms with Crippen LogP contribution in [0.4, 0.5) is 52.1 Å². The Morgan fingerprint density at radius 2 is 1.70 bits per heavy atom. The second-order valence-electron chi connectivity index (χ2n) is 16.5. The highest BCUT2D eigenvalue weighted by Gasteiger charge is 2.47. The van der Waals surface area contributed by atoms with Crippen LogP contribution in [0.25, 0.3) is 0 Å². The Kier molecular flexibility index (Phi) is 12.9. The lowest BCUT2D eigenvalue weighted by molar-refractivity contribution is -0.140. The third-order valence-corrected chi connectivity index (χ3v) is 12.0. The monoisotopic (exact) mass is 852 g/mol. The summed E-state index contributed by atoms with van der Waals surface area (Å²) in [4.78, 5) is 64.6. The number of aromatic nitrogens is 2. The first kappa shape index (κ1) is 43.4. The molecule has 1 aromatic heterocycles. The van der Waals surface area contributed by atoms with Gasteiger partial charge in [-0.2, -0.15) is 13.8 Å². The summed E-state index contributed by atoms with van der Waals surface area (Å²) in [6.45, 7) is 6.41. The molecule has 15 nitrogen and oxygen atoms in total. The van der Waals surface area contributed by atoms with E-state index in [4.69, 9.17) is 4.74 Å². The number of rotatable bonds is 12. The number of ether oxygens (including phenoxy) is 1. The second kappa shape index (κ2) is 18.1. The van der Waals surface area contributed by atoms with Gasteiger partial charge in [-0.3, -0.25) is 24.5 Å². The summed E-state index contributed by atoms with van der Waals surface area (Å²) in [6, 6.07) is 5.96. The van der Waals surface area contributed by atoms with Crippen molar-refractivity contribution in [3.63, 3.8) is 0 Å². The third-order valence-electron chi connectivity index (χ3n) is 12.0. The van der Waals surface area contributed by atoms with Gasteiger partial charge < -0.3 is 40.3 Å². The molecular weight excluding hydrogens is 801 g/mol. The van der Waals surface area contributed by atoms with Crippen molar-refractivity contribution in [2.75, 3.05) is 78.8 Å². The molecule has 1 atom stereocenters. The molecule has 3 fully saturated rings. The van der Waals surface area contributed by atoms with Gasteiger partial charge in [-0.15, -0.1) is 0 Å². The number of amides is 4. The summed E-state index contributed by atoms with van der Waals surface area (Å²) in [5.41, 5.74) is 1.09. The molecule has 328 valence electrons. The minimum absolute atomic E-state index is 0.00837. The van der Waals surface area contributed by atoms with Gasteiger partial charge in [0.15, 0.2) is 5.82 Å². The number of likely N-dealkylation sites (tertiary alicyclic amines) is 1. The van der Waals surface area contributed by atoms with E-state index in [1.807, 2.05) is 4.90 Å². The molecule has 3 saturated heterocycles. The predicted octanol–water partition coefficient (Wildman–Crippen LogP) is 5.05. The van der Waals surface area contributed by atoms with Crippen molar-refractivity contribution in [3.8, 4) is 5.75 Å². The van der Waals surface area contributed by atoms with Crippen molar-refractivity contribution in [1.29, 1.82) is 0 Å². The number of halogens is 4. The number of nitrogens with one attached hydrogen (secondary N) is 4. The summed E-state index contributed by atoms with van der Waals surface area (Å²) in [5.74, 6) is -6.28. The van der Waals surface area contributed by atoms with Crippen molar-refractivity contribution in [2.45, 2.75) is 82.8 Å². The predicted molar refractivity (Wildman–Crippen MR) is 222 cm³/mol. The van der Waals surface area contributed by atoms with Crippen LogP contribution in [0.2, 0.25) is 0 Å². The van der Waals surface area contributed by atoms with Crippen LogP contribution in [0.3, 0.4) is 0 Å². The number of carbonyl (C=O) groups is 4. The smallest absolute Gasteiger partial charge is 0.342 e. The van der Waals surface area contributed by atoms with Gasteiger partial charge in [0.2, 0.25) is 17.8 Å². The highest BCUT2D eigenvalue weighted by molar-refractivity contribution is 6.02. The molecule has 2 aromatic carbocycles. The number of benzene rings is 2. The van der Waals surface area contributed by atoms with Crippen LogP contribution < -0.4 is 40.7 Å². The number of hydrogen-bond acceptors (Lipinski definition) is 12. The molecule has 19 heteroatoms. The fourth-order valence-electron chi connectivity index (χ4n) is 8.37. The normalized spacial score (nSPS) is 20.3. The Labute approximate surface area is 351 Å². The van der Waals surface area contributed by atoms with E-state index >= 15 is 8.78 Å². The van der Waals surface area contributed by atoms with E-state index in [0.29, 0.717) is 36.0 Å². The largest absolute Gasteiger partial charge is 0.495 e. The molecule has 4 N–H and O–H groups in total. The van der Waals surface area contributed by atoms with Crippen LogP contribution >= 0.6 is 0 Å². The third kappa shape index (κ3) is 9.76. The molecule has 3 aromatic rings. The SMILES string of the molecule is COc1cc(C(=O)NC2CCN(CCC3CCN(c4cc(F)c(NC5CCC(=O)NC5=O)cc4F)CC3)CC2)ccc1Nc1ncc2c(n1)N(C(C)C)CC(F)(F)C(=O)N2C. The van der Waals surface area contributed by atoms with E-state index in [1.54, 1.807) is 32.0 Å². The molecule has 0 spiro atoms. The topological polar surface area (TPSA) is 164 Å². The van der Waals surface area contributed by atoms with Crippen molar-refractivity contribution in [2.24, 2.45) is 5.92 Å². The number of anilines is 6. The van der Waals surface area contributed by atoms with Gasteiger partial charge in [-0.25, -0.2) is 13.8 Å². The molecule has 61 heavy (non-hydrogen) atoms. The standard InChI is InChI=1S/C42H52F4N10O5/c1-24(2)56-23-42(45,46)40(60)53(3)34-22-47-41(52-37(34)56)50-30-6-5-26(19-35(30)61-4)38(58)48-27-12-15-54(16-13-27)14-9-25-10-17-55(18-11-25)33-21-28(43)32(20-29(33)44)49-31-7-8-36(57)51-39(31)59/h5-6,19-22,24-25,27,31,49H,7-18,23H2,1-4H3,(H,48,58)(H,47,50,52)(H,51,57,59). The van der Waals surface area contributed by atoms with Crippen molar-refractivity contribution in [1.82, 2.24) is 25.5 Å². The zero-order valence-corrected chi connectivity index (χ0v) is 34.7. The summed E-state index contributed by atoms with van der Waals surface area (Å²) in [6.07, 6.45) is 5.91. The van der Waals surface area contributed by atoms with Crippen LogP contribution in [0.5, 0.6) is 5.75 Å². The molecule has 1 unspecified atom stereocenters. The van der Waals surface area contributed by atoms with Crippen molar-refractivity contribution in [3.05, 3.63) is 53.7 Å². The van der Waals surface area contributed by atoms with Gasteiger partial charge >= 0.3 is 5.92 Å². The maximum absolute atomic E-state index is 15.2. The lowest BCUT2D eigenvalue weighted by Gasteiger charge is -2.36. The number of fused-ring (bicyclic) bond motifs is 1. The van der Waals surface area contributed by atoms with Crippen LogP contribution in [-0.2, 0) is 14.4 Å². The van der Waals surface area contributed by atoms with E-state index in [2.05, 4.69) is 36.1 Å². The Hall–Kier alpha value is -5.72. The fourth-order valence-corrected chi connectivity index (χ4v) is 8.37. The molecule has 0 radical (unpaired) electrons. The number of nitrogens with zero attached hydrogens (tertiary/aromatic N) is 6. The van der Waals surface area contributed by atoms with Crippen LogP contribution in [-0.4, -0.2) is 116 Å². The first-order valence-corrected chi connectivity index (χ1v) is 20.7. The summed E-state index contributed by atoms with van der Waals surface area (Å²) < 4.78 is 65.3. The molecule has 0 aliphatic carbocycles. The Morgan fingerprint density at radius 1 is 0.967 bits per heavy atom. The van der Waals surface area contributed by atoms with Gasteiger partial charge in [-0.1, -0.05) is 0 Å². The zero-order chi connectivity index (χ0) is 43.6. The zero-order valence-electron chi connectivity index (χ0n) is 34.7. The van der Waals surface area contributed by atoms with E-state index in [0.717, 1.165) is 62.7 Å². The second-order valence-corrected chi connectivity index (χ2v) is 16.5. The summed E-state index contributed by atoms with van der Waals surface area (Å²) in [7, 11) is 2.74. The van der Waals surface area contributed by atoms with E-state index in [9.17, 15) is 28.0 Å². The molecule has 5 heterocycles. The average molecular weight is 853 g/mol. The first-order chi connectivity index (χ1) is 29.1. The Bertz CT molecular complexity index is 2140. The van der Waals surface area contributed by atoms with Gasteiger partial charge in [0.25, 0.3) is 11.8 Å². The molecule has 0 bridgehead atoms. The molecule has 4 aliphatic heterocycles.